The molecule has 0 radical (unpaired) electrons. The number of rotatable bonds is 4. The molecule has 0 amide bonds. The predicted octanol–water partition coefficient (Wildman–Crippen LogP) is 2.39. The summed E-state index contributed by atoms with van der Waals surface area (Å²) in [5, 5.41) is 9.64. The van der Waals surface area contributed by atoms with Gasteiger partial charge in [-0.2, -0.15) is 0 Å². The van der Waals surface area contributed by atoms with Crippen LogP contribution in [0, 0.1) is 5.41 Å². The summed E-state index contributed by atoms with van der Waals surface area (Å²) < 4.78 is 2.25. The number of aliphatic hydroxyl groups is 1. The highest BCUT2D eigenvalue weighted by molar-refractivity contribution is 4.99. The van der Waals surface area contributed by atoms with E-state index in [9.17, 15) is 5.11 Å². The highest BCUT2D eigenvalue weighted by Crippen LogP contribution is 2.40. The van der Waals surface area contributed by atoms with Gasteiger partial charge < -0.3 is 9.67 Å². The fourth-order valence-electron chi connectivity index (χ4n) is 2.78. The summed E-state index contributed by atoms with van der Waals surface area (Å²) in [5.74, 6) is 1.18. The number of imidazole rings is 1. The van der Waals surface area contributed by atoms with Crippen molar-refractivity contribution in [3.8, 4) is 0 Å². The third-order valence-electron chi connectivity index (χ3n) is 3.66. The maximum atomic E-state index is 9.64. The van der Waals surface area contributed by atoms with Crippen molar-refractivity contribution < 1.29 is 5.11 Å². The van der Waals surface area contributed by atoms with Gasteiger partial charge in [-0.3, -0.25) is 0 Å². The summed E-state index contributed by atoms with van der Waals surface area (Å²) in [5.41, 5.74) is 0.246. The Balaban J connectivity index is 2.05. The molecule has 1 fully saturated rings. The smallest absolute Gasteiger partial charge is 0.109 e. The molecule has 0 aliphatic heterocycles. The van der Waals surface area contributed by atoms with E-state index in [0.717, 1.165) is 38.6 Å². The summed E-state index contributed by atoms with van der Waals surface area (Å²) >= 11 is 0. The lowest BCUT2D eigenvalue weighted by atomic mass is 9.84. The molecular weight excluding hydrogens is 200 g/mol. The molecule has 2 rings (SSSR count). The van der Waals surface area contributed by atoms with Gasteiger partial charge in [-0.05, 0) is 31.1 Å². The summed E-state index contributed by atoms with van der Waals surface area (Å²) in [4.78, 5) is 4.45. The number of hydrogen-bond acceptors (Lipinski definition) is 2. The Morgan fingerprint density at radius 2 is 2.44 bits per heavy atom. The largest absolute Gasteiger partial charge is 0.393 e. The molecule has 1 aliphatic rings. The fourth-order valence-corrected chi connectivity index (χ4v) is 2.78. The average molecular weight is 222 g/mol. The molecule has 1 aromatic rings. The molecule has 0 aromatic carbocycles. The molecule has 90 valence electrons. The van der Waals surface area contributed by atoms with Gasteiger partial charge in [-0.25, -0.2) is 4.98 Å². The maximum Gasteiger partial charge on any atom is 0.109 e. The number of nitrogens with zero attached hydrogens (tertiary/aromatic N) is 2. The van der Waals surface area contributed by atoms with Crippen molar-refractivity contribution in [1.29, 1.82) is 0 Å². The Bertz CT molecular complexity index is 347. The Morgan fingerprint density at radius 1 is 1.62 bits per heavy atom. The standard InChI is InChI=1S/C13H22N2O/c1-3-7-15-8-6-14-12(15)10-13(2)5-4-11(16)9-13/h6,8,11,16H,3-5,7,9-10H2,1-2H3. The van der Waals surface area contributed by atoms with Crippen molar-refractivity contribution in [2.75, 3.05) is 0 Å². The third-order valence-corrected chi connectivity index (χ3v) is 3.66. The number of aryl methyl sites for hydroxylation is 1. The molecule has 3 heteroatoms. The van der Waals surface area contributed by atoms with Crippen LogP contribution in [0.3, 0.4) is 0 Å². The van der Waals surface area contributed by atoms with E-state index >= 15 is 0 Å². The second-order valence-corrected chi connectivity index (χ2v) is 5.42. The molecule has 1 saturated carbocycles. The quantitative estimate of drug-likeness (QED) is 0.849. The summed E-state index contributed by atoms with van der Waals surface area (Å²) in [7, 11) is 0. The zero-order valence-corrected chi connectivity index (χ0v) is 10.3. The van der Waals surface area contributed by atoms with E-state index in [1.165, 1.54) is 5.82 Å². The van der Waals surface area contributed by atoms with E-state index in [1.807, 2.05) is 6.20 Å². The molecule has 2 unspecified atom stereocenters. The molecule has 0 saturated heterocycles. The van der Waals surface area contributed by atoms with E-state index in [1.54, 1.807) is 0 Å². The van der Waals surface area contributed by atoms with Crippen LogP contribution in [0.2, 0.25) is 0 Å². The van der Waals surface area contributed by atoms with Gasteiger partial charge in [0, 0.05) is 25.4 Å². The van der Waals surface area contributed by atoms with E-state index in [2.05, 4.69) is 29.6 Å². The number of aliphatic hydroxyl groups excluding tert-OH is 1. The van der Waals surface area contributed by atoms with Gasteiger partial charge in [0.2, 0.25) is 0 Å². The Kier molecular flexibility index (Phi) is 3.33. The van der Waals surface area contributed by atoms with Crippen molar-refractivity contribution >= 4 is 0 Å². The lowest BCUT2D eigenvalue weighted by Crippen LogP contribution is -2.19. The lowest BCUT2D eigenvalue weighted by Gasteiger charge is -2.23. The van der Waals surface area contributed by atoms with Gasteiger partial charge in [-0.15, -0.1) is 0 Å². The van der Waals surface area contributed by atoms with E-state index in [4.69, 9.17) is 0 Å². The molecule has 3 nitrogen and oxygen atoms in total. The van der Waals surface area contributed by atoms with Crippen LogP contribution in [-0.4, -0.2) is 20.8 Å². The van der Waals surface area contributed by atoms with Crippen LogP contribution in [0.4, 0.5) is 0 Å². The van der Waals surface area contributed by atoms with Crippen LogP contribution < -0.4 is 0 Å². The van der Waals surface area contributed by atoms with Gasteiger partial charge in [-0.1, -0.05) is 13.8 Å². The highest BCUT2D eigenvalue weighted by atomic mass is 16.3. The molecule has 1 N–H and O–H groups in total. The topological polar surface area (TPSA) is 38.0 Å². The van der Waals surface area contributed by atoms with Crippen molar-refractivity contribution in [1.82, 2.24) is 9.55 Å². The first kappa shape index (κ1) is 11.6. The van der Waals surface area contributed by atoms with Crippen molar-refractivity contribution in [2.45, 2.75) is 58.6 Å². The minimum absolute atomic E-state index is 0.0976. The molecule has 1 aromatic heterocycles. The Labute approximate surface area is 97.5 Å². The molecule has 0 bridgehead atoms. The van der Waals surface area contributed by atoms with Gasteiger partial charge in [0.05, 0.1) is 6.10 Å². The van der Waals surface area contributed by atoms with Gasteiger partial charge in [0.1, 0.15) is 5.82 Å². The van der Waals surface area contributed by atoms with Crippen molar-refractivity contribution in [3.63, 3.8) is 0 Å². The van der Waals surface area contributed by atoms with Crippen LogP contribution >= 0.6 is 0 Å². The van der Waals surface area contributed by atoms with Crippen molar-refractivity contribution in [2.24, 2.45) is 5.41 Å². The predicted molar refractivity (Wildman–Crippen MR) is 64.2 cm³/mol. The highest BCUT2D eigenvalue weighted by Gasteiger charge is 2.35. The molecule has 0 spiro atoms. The van der Waals surface area contributed by atoms with Crippen LogP contribution in [0.15, 0.2) is 12.4 Å². The monoisotopic (exact) mass is 222 g/mol. The van der Waals surface area contributed by atoms with Crippen LogP contribution in [0.1, 0.15) is 45.4 Å². The third kappa shape index (κ3) is 2.46. The molecular formula is C13H22N2O. The number of aromatic nitrogens is 2. The molecule has 1 heterocycles. The molecule has 16 heavy (non-hydrogen) atoms. The lowest BCUT2D eigenvalue weighted by molar-refractivity contribution is 0.162. The van der Waals surface area contributed by atoms with Crippen LogP contribution in [0.25, 0.3) is 0 Å². The first-order valence-electron chi connectivity index (χ1n) is 6.31. The van der Waals surface area contributed by atoms with E-state index < -0.39 is 0 Å². The normalized spacial score (nSPS) is 29.8. The number of hydrogen-bond donors (Lipinski definition) is 1. The summed E-state index contributed by atoms with van der Waals surface area (Å²) in [6.45, 7) is 5.51. The van der Waals surface area contributed by atoms with Gasteiger partial charge in [0.25, 0.3) is 0 Å². The fraction of sp³-hybridized carbons (Fsp3) is 0.769. The summed E-state index contributed by atoms with van der Waals surface area (Å²) in [6, 6.07) is 0. The first-order chi connectivity index (χ1) is 7.63. The van der Waals surface area contributed by atoms with Crippen molar-refractivity contribution in [3.05, 3.63) is 18.2 Å². The minimum atomic E-state index is -0.0976. The molecule has 1 aliphatic carbocycles. The summed E-state index contributed by atoms with van der Waals surface area (Å²) in [6.07, 6.45) is 8.98. The zero-order chi connectivity index (χ0) is 11.6. The van der Waals surface area contributed by atoms with E-state index in [0.29, 0.717) is 0 Å². The average Bonchev–Trinajstić information content (AvgIpc) is 2.76. The molecule has 2 atom stereocenters. The maximum absolute atomic E-state index is 9.64. The Hall–Kier alpha value is -0.830. The van der Waals surface area contributed by atoms with Crippen LogP contribution in [-0.2, 0) is 13.0 Å². The SMILES string of the molecule is CCCn1ccnc1CC1(C)CCC(O)C1. The second kappa shape index (κ2) is 4.58. The minimum Gasteiger partial charge on any atom is -0.393 e. The Morgan fingerprint density at radius 3 is 3.06 bits per heavy atom. The van der Waals surface area contributed by atoms with Gasteiger partial charge >= 0.3 is 0 Å². The first-order valence-corrected chi connectivity index (χ1v) is 6.31. The van der Waals surface area contributed by atoms with Crippen LogP contribution in [0.5, 0.6) is 0 Å². The zero-order valence-electron chi connectivity index (χ0n) is 10.3. The van der Waals surface area contributed by atoms with Gasteiger partial charge in [0.15, 0.2) is 0 Å². The second-order valence-electron chi connectivity index (χ2n) is 5.42. The van der Waals surface area contributed by atoms with E-state index in [-0.39, 0.29) is 11.5 Å².